The van der Waals surface area contributed by atoms with Gasteiger partial charge in [-0.05, 0) is 38.5 Å². The quantitative estimate of drug-likeness (QED) is 0.617. The first kappa shape index (κ1) is 15.3. The normalized spacial score (nSPS) is 19.4. The highest BCUT2D eigenvalue weighted by atomic mass is 16.6. The van der Waals surface area contributed by atoms with Gasteiger partial charge < -0.3 is 19.8 Å². The molecule has 1 saturated heterocycles. The van der Waals surface area contributed by atoms with Gasteiger partial charge in [-0.3, -0.25) is 0 Å². The fourth-order valence-corrected chi connectivity index (χ4v) is 2.29. The third-order valence-corrected chi connectivity index (χ3v) is 3.20. The number of carbonyl (C=O) groups excluding carboxylic acids is 1. The van der Waals surface area contributed by atoms with Gasteiger partial charge >= 0.3 is 11.9 Å². The molecule has 1 unspecified atom stereocenters. The van der Waals surface area contributed by atoms with Crippen molar-refractivity contribution in [1.82, 2.24) is 14.7 Å². The second kappa shape index (κ2) is 5.71. The molecule has 0 saturated carbocycles. The average molecular weight is 296 g/mol. The molecular formula is C13H20N4O4. The van der Waals surface area contributed by atoms with Gasteiger partial charge in [0.25, 0.3) is 0 Å². The first-order chi connectivity index (χ1) is 9.76. The van der Waals surface area contributed by atoms with Crippen LogP contribution in [0.3, 0.4) is 0 Å². The number of rotatable bonds is 2. The van der Waals surface area contributed by atoms with Crippen molar-refractivity contribution in [2.24, 2.45) is 0 Å². The first-order valence-electron chi connectivity index (χ1n) is 6.94. The molecule has 1 aromatic heterocycles. The van der Waals surface area contributed by atoms with Crippen molar-refractivity contribution in [2.45, 2.75) is 45.3 Å². The molecule has 8 heteroatoms. The Bertz CT molecular complexity index is 535. The maximum atomic E-state index is 12.1. The van der Waals surface area contributed by atoms with Crippen molar-refractivity contribution in [3.05, 3.63) is 22.4 Å². The minimum Gasteiger partial charge on any atom is -0.444 e. The van der Waals surface area contributed by atoms with E-state index in [1.54, 1.807) is 15.8 Å². The van der Waals surface area contributed by atoms with E-state index >= 15 is 0 Å². The molecule has 1 amide bonds. The molecule has 0 N–H and O–H groups in total. The van der Waals surface area contributed by atoms with Crippen LogP contribution in [0.15, 0.2) is 12.3 Å². The number of carbonyl (C=O) groups is 1. The van der Waals surface area contributed by atoms with Crippen molar-refractivity contribution >= 4 is 11.9 Å². The molecule has 1 atom stereocenters. The van der Waals surface area contributed by atoms with Crippen LogP contribution in [0.25, 0.3) is 0 Å². The summed E-state index contributed by atoms with van der Waals surface area (Å²) in [5.74, 6) is -0.176. The van der Waals surface area contributed by atoms with Gasteiger partial charge in [-0.2, -0.15) is 4.68 Å². The summed E-state index contributed by atoms with van der Waals surface area (Å²) in [6, 6.07) is 1.31. The van der Waals surface area contributed by atoms with E-state index in [1.165, 1.54) is 6.07 Å². The Balaban J connectivity index is 2.03. The molecule has 0 aliphatic carbocycles. The molecule has 1 aromatic rings. The summed E-state index contributed by atoms with van der Waals surface area (Å²) >= 11 is 0. The van der Waals surface area contributed by atoms with Gasteiger partial charge in [0.15, 0.2) is 0 Å². The molecule has 0 aromatic carbocycles. The Morgan fingerprint density at radius 3 is 2.81 bits per heavy atom. The molecule has 21 heavy (non-hydrogen) atoms. The minimum atomic E-state index is -0.533. The van der Waals surface area contributed by atoms with E-state index in [1.807, 2.05) is 20.8 Å². The molecule has 2 heterocycles. The van der Waals surface area contributed by atoms with E-state index in [0.717, 1.165) is 12.8 Å². The molecule has 1 fully saturated rings. The number of hydrogen-bond acceptors (Lipinski definition) is 5. The lowest BCUT2D eigenvalue weighted by atomic mass is 10.1. The first-order valence-corrected chi connectivity index (χ1v) is 6.94. The van der Waals surface area contributed by atoms with Crippen LogP contribution in [0.5, 0.6) is 0 Å². The molecule has 1 aliphatic heterocycles. The number of likely N-dealkylation sites (tertiary alicyclic amines) is 1. The zero-order valence-electron chi connectivity index (χ0n) is 12.5. The van der Waals surface area contributed by atoms with Gasteiger partial charge in [0, 0.05) is 13.1 Å². The van der Waals surface area contributed by atoms with E-state index in [4.69, 9.17) is 4.74 Å². The molecular weight excluding hydrogens is 276 g/mol. The second-order valence-electron chi connectivity index (χ2n) is 6.13. The van der Waals surface area contributed by atoms with Crippen LogP contribution in [0.4, 0.5) is 10.6 Å². The zero-order valence-corrected chi connectivity index (χ0v) is 12.5. The molecule has 2 rings (SSSR count). The number of amides is 1. The molecule has 0 spiro atoms. The molecule has 0 radical (unpaired) electrons. The van der Waals surface area contributed by atoms with Crippen molar-refractivity contribution in [1.29, 1.82) is 0 Å². The number of ether oxygens (including phenoxy) is 1. The number of piperidine rings is 1. The lowest BCUT2D eigenvalue weighted by molar-refractivity contribution is -0.389. The van der Waals surface area contributed by atoms with Crippen molar-refractivity contribution in [3.8, 4) is 0 Å². The van der Waals surface area contributed by atoms with E-state index in [-0.39, 0.29) is 18.0 Å². The van der Waals surface area contributed by atoms with Crippen LogP contribution in [0.1, 0.15) is 39.7 Å². The highest BCUT2D eigenvalue weighted by Gasteiger charge is 2.30. The molecule has 1 aliphatic rings. The largest absolute Gasteiger partial charge is 0.444 e. The third-order valence-electron chi connectivity index (χ3n) is 3.20. The highest BCUT2D eigenvalue weighted by Crippen LogP contribution is 2.23. The summed E-state index contributed by atoms with van der Waals surface area (Å²) in [5, 5.41) is 14.6. The Labute approximate surface area is 122 Å². The summed E-state index contributed by atoms with van der Waals surface area (Å²) in [4.78, 5) is 23.9. The van der Waals surface area contributed by atoms with Crippen LogP contribution in [0, 0.1) is 10.1 Å². The van der Waals surface area contributed by atoms with Crippen LogP contribution in [-0.2, 0) is 4.74 Å². The van der Waals surface area contributed by atoms with Crippen molar-refractivity contribution in [3.63, 3.8) is 0 Å². The predicted octanol–water partition coefficient (Wildman–Crippen LogP) is 2.36. The van der Waals surface area contributed by atoms with E-state index in [0.29, 0.717) is 13.1 Å². The number of hydrogen-bond donors (Lipinski definition) is 0. The fourth-order valence-electron chi connectivity index (χ4n) is 2.29. The summed E-state index contributed by atoms with van der Waals surface area (Å²) in [6.45, 7) is 6.55. The summed E-state index contributed by atoms with van der Waals surface area (Å²) in [6.07, 6.45) is 2.88. The standard InChI is InChI=1S/C13H20N4O4/c1-13(2,3)21-12(18)15-7-4-5-10(9-15)16-8-6-11(14-16)17(19)20/h6,8,10H,4-5,7,9H2,1-3H3. The van der Waals surface area contributed by atoms with E-state index in [2.05, 4.69) is 5.10 Å². The van der Waals surface area contributed by atoms with E-state index in [9.17, 15) is 14.9 Å². The molecule has 0 bridgehead atoms. The zero-order chi connectivity index (χ0) is 15.6. The highest BCUT2D eigenvalue weighted by molar-refractivity contribution is 5.68. The Hall–Kier alpha value is -2.12. The maximum absolute atomic E-state index is 12.1. The molecule has 116 valence electrons. The fraction of sp³-hybridized carbons (Fsp3) is 0.692. The Kier molecular flexibility index (Phi) is 4.15. The third kappa shape index (κ3) is 3.93. The van der Waals surface area contributed by atoms with Gasteiger partial charge in [-0.25, -0.2) is 4.79 Å². The smallest absolute Gasteiger partial charge is 0.410 e. The minimum absolute atomic E-state index is 0.0556. The predicted molar refractivity (Wildman–Crippen MR) is 75.0 cm³/mol. The number of aromatic nitrogens is 2. The van der Waals surface area contributed by atoms with Crippen LogP contribution < -0.4 is 0 Å². The lowest BCUT2D eigenvalue weighted by Crippen LogP contribution is -2.43. The van der Waals surface area contributed by atoms with Crippen LogP contribution in [-0.4, -0.2) is 44.4 Å². The number of nitrogens with zero attached hydrogens (tertiary/aromatic N) is 4. The van der Waals surface area contributed by atoms with Crippen molar-refractivity contribution in [2.75, 3.05) is 13.1 Å². The van der Waals surface area contributed by atoms with Gasteiger partial charge in [-0.1, -0.05) is 0 Å². The van der Waals surface area contributed by atoms with Crippen molar-refractivity contribution < 1.29 is 14.5 Å². The van der Waals surface area contributed by atoms with Gasteiger partial charge in [-0.15, -0.1) is 0 Å². The maximum Gasteiger partial charge on any atom is 0.410 e. The van der Waals surface area contributed by atoms with Gasteiger partial charge in [0.2, 0.25) is 0 Å². The van der Waals surface area contributed by atoms with Crippen LogP contribution in [0.2, 0.25) is 0 Å². The summed E-state index contributed by atoms with van der Waals surface area (Å²) in [7, 11) is 0. The average Bonchev–Trinajstić information content (AvgIpc) is 2.86. The second-order valence-corrected chi connectivity index (χ2v) is 6.13. The van der Waals surface area contributed by atoms with Gasteiger partial charge in [0.1, 0.15) is 5.60 Å². The van der Waals surface area contributed by atoms with Crippen LogP contribution >= 0.6 is 0 Å². The Morgan fingerprint density at radius 1 is 1.52 bits per heavy atom. The van der Waals surface area contributed by atoms with Gasteiger partial charge in [0.05, 0.1) is 23.4 Å². The monoisotopic (exact) mass is 296 g/mol. The van der Waals surface area contributed by atoms with E-state index < -0.39 is 10.5 Å². The summed E-state index contributed by atoms with van der Waals surface area (Å²) in [5.41, 5.74) is -0.533. The Morgan fingerprint density at radius 2 is 2.24 bits per heavy atom. The lowest BCUT2D eigenvalue weighted by Gasteiger charge is -2.33. The SMILES string of the molecule is CC(C)(C)OC(=O)N1CCCC(n2ccc([N+](=O)[O-])n2)C1. The topological polar surface area (TPSA) is 90.5 Å². The number of nitro groups is 1. The molecule has 8 nitrogen and oxygen atoms in total. The summed E-state index contributed by atoms with van der Waals surface area (Å²) < 4.78 is 6.92.